The summed E-state index contributed by atoms with van der Waals surface area (Å²) in [5, 5.41) is 2.86. The van der Waals surface area contributed by atoms with Crippen molar-refractivity contribution >= 4 is 17.7 Å². The molecule has 0 bridgehead atoms. The van der Waals surface area contributed by atoms with Gasteiger partial charge < -0.3 is 14.8 Å². The number of carbonyl (C=O) groups is 3. The number of methoxy groups -OCH3 is 2. The first-order valence-corrected chi connectivity index (χ1v) is 9.48. The number of ether oxygens (including phenoxy) is 2. The van der Waals surface area contributed by atoms with E-state index in [4.69, 9.17) is 9.47 Å². The van der Waals surface area contributed by atoms with E-state index in [9.17, 15) is 14.4 Å². The maximum atomic E-state index is 13.3. The summed E-state index contributed by atoms with van der Waals surface area (Å²) in [6, 6.07) is 11.9. The molecule has 2 aliphatic rings. The highest BCUT2D eigenvalue weighted by atomic mass is 16.5. The number of carbonyl (C=O) groups excluding carboxylic acids is 3. The van der Waals surface area contributed by atoms with Crippen LogP contribution in [-0.4, -0.2) is 43.4 Å². The van der Waals surface area contributed by atoms with Gasteiger partial charge in [-0.05, 0) is 48.6 Å². The molecule has 1 saturated heterocycles. The number of rotatable bonds is 5. The summed E-state index contributed by atoms with van der Waals surface area (Å²) in [6.07, 6.45) is 2.18. The second kappa shape index (κ2) is 7.24. The number of fused-ring (bicyclic) bond motifs is 2. The molecule has 29 heavy (non-hydrogen) atoms. The van der Waals surface area contributed by atoms with Gasteiger partial charge in [0.2, 0.25) is 0 Å². The molecule has 1 heterocycles. The minimum atomic E-state index is -1.08. The van der Waals surface area contributed by atoms with Gasteiger partial charge in [-0.3, -0.25) is 14.5 Å². The third-order valence-corrected chi connectivity index (χ3v) is 5.66. The summed E-state index contributed by atoms with van der Waals surface area (Å²) < 4.78 is 10.4. The molecule has 0 saturated carbocycles. The van der Waals surface area contributed by atoms with E-state index in [1.54, 1.807) is 18.2 Å². The number of amides is 3. The van der Waals surface area contributed by atoms with E-state index in [-0.39, 0.29) is 18.2 Å². The summed E-state index contributed by atoms with van der Waals surface area (Å²) in [7, 11) is 2.99. The number of benzene rings is 2. The lowest BCUT2D eigenvalue weighted by Gasteiger charge is -2.33. The Morgan fingerprint density at radius 2 is 1.86 bits per heavy atom. The average Bonchev–Trinajstić information content (AvgIpc) is 2.98. The number of imide groups is 1. The van der Waals surface area contributed by atoms with E-state index in [0.29, 0.717) is 23.5 Å². The Morgan fingerprint density at radius 3 is 2.62 bits per heavy atom. The van der Waals surface area contributed by atoms with Crippen molar-refractivity contribution in [2.24, 2.45) is 0 Å². The van der Waals surface area contributed by atoms with E-state index in [2.05, 4.69) is 5.32 Å². The van der Waals surface area contributed by atoms with Crippen LogP contribution in [0.15, 0.2) is 42.5 Å². The number of hydrogen-bond acceptors (Lipinski definition) is 5. The van der Waals surface area contributed by atoms with Crippen LogP contribution in [0.1, 0.15) is 34.3 Å². The molecule has 4 rings (SSSR count). The molecule has 0 unspecified atom stereocenters. The molecular formula is C22H22N2O5. The van der Waals surface area contributed by atoms with Gasteiger partial charge in [0.15, 0.2) is 17.3 Å². The molecule has 7 heteroatoms. The largest absolute Gasteiger partial charge is 0.493 e. The second-order valence-electron chi connectivity index (χ2n) is 7.23. The van der Waals surface area contributed by atoms with Gasteiger partial charge in [-0.25, -0.2) is 4.79 Å². The van der Waals surface area contributed by atoms with Crippen LogP contribution in [0.3, 0.4) is 0 Å². The molecule has 0 aromatic heterocycles. The zero-order chi connectivity index (χ0) is 20.6. The van der Waals surface area contributed by atoms with Crippen LogP contribution >= 0.6 is 0 Å². The maximum Gasteiger partial charge on any atom is 0.325 e. The first kappa shape index (κ1) is 19.0. The zero-order valence-corrected chi connectivity index (χ0v) is 16.4. The summed E-state index contributed by atoms with van der Waals surface area (Å²) >= 11 is 0. The van der Waals surface area contributed by atoms with Gasteiger partial charge in [-0.2, -0.15) is 0 Å². The number of ketones is 1. The number of aryl methyl sites for hydroxylation is 1. The molecule has 1 aliphatic heterocycles. The Morgan fingerprint density at radius 1 is 1.10 bits per heavy atom. The SMILES string of the molecule is COc1ccc(C(=O)CN2C(=O)N[C@@]3(CCCc4ccccc43)C2=O)cc1OC. The Balaban J connectivity index is 1.61. The fourth-order valence-corrected chi connectivity index (χ4v) is 4.20. The van der Waals surface area contributed by atoms with E-state index in [1.807, 2.05) is 24.3 Å². The van der Waals surface area contributed by atoms with Gasteiger partial charge >= 0.3 is 6.03 Å². The van der Waals surface area contributed by atoms with Crippen molar-refractivity contribution in [1.82, 2.24) is 10.2 Å². The van der Waals surface area contributed by atoms with Gasteiger partial charge in [-0.1, -0.05) is 24.3 Å². The fourth-order valence-electron chi connectivity index (χ4n) is 4.20. The molecule has 1 N–H and O–H groups in total. The first-order chi connectivity index (χ1) is 14.0. The topological polar surface area (TPSA) is 84.9 Å². The Labute approximate surface area is 168 Å². The van der Waals surface area contributed by atoms with Crippen LogP contribution in [0.5, 0.6) is 11.5 Å². The molecule has 0 radical (unpaired) electrons. The Bertz CT molecular complexity index is 1000. The minimum absolute atomic E-state index is 0.329. The van der Waals surface area contributed by atoms with Crippen molar-refractivity contribution in [3.8, 4) is 11.5 Å². The first-order valence-electron chi connectivity index (χ1n) is 9.48. The van der Waals surface area contributed by atoms with E-state index >= 15 is 0 Å². The standard InChI is InChI=1S/C22H22N2O5/c1-28-18-10-9-15(12-19(18)29-2)17(25)13-24-20(26)22(23-21(24)27)11-5-7-14-6-3-4-8-16(14)22/h3-4,6,8-10,12H,5,7,11,13H2,1-2H3,(H,23,27)/t22-/m1/s1. The molecule has 150 valence electrons. The van der Waals surface area contributed by atoms with Crippen molar-refractivity contribution in [2.45, 2.75) is 24.8 Å². The molecule has 1 aliphatic carbocycles. The predicted molar refractivity (Wildman–Crippen MR) is 105 cm³/mol. The van der Waals surface area contributed by atoms with Crippen molar-refractivity contribution in [3.63, 3.8) is 0 Å². The van der Waals surface area contributed by atoms with Gasteiger partial charge in [-0.15, -0.1) is 0 Å². The highest BCUT2D eigenvalue weighted by molar-refractivity contribution is 6.11. The van der Waals surface area contributed by atoms with Crippen LogP contribution in [0.2, 0.25) is 0 Å². The lowest BCUT2D eigenvalue weighted by Crippen LogP contribution is -2.46. The van der Waals surface area contributed by atoms with Crippen molar-refractivity contribution in [2.75, 3.05) is 20.8 Å². The van der Waals surface area contributed by atoms with Gasteiger partial charge in [0.1, 0.15) is 5.54 Å². The zero-order valence-electron chi connectivity index (χ0n) is 16.4. The lowest BCUT2D eigenvalue weighted by molar-refractivity contribution is -0.131. The molecule has 1 atom stereocenters. The number of nitrogens with one attached hydrogen (secondary N) is 1. The summed E-state index contributed by atoms with van der Waals surface area (Å²) in [5.74, 6) is 0.184. The van der Waals surface area contributed by atoms with Crippen LogP contribution in [0, 0.1) is 0 Å². The lowest BCUT2D eigenvalue weighted by atomic mass is 9.76. The Kier molecular flexibility index (Phi) is 4.74. The number of hydrogen-bond donors (Lipinski definition) is 1. The van der Waals surface area contributed by atoms with Crippen molar-refractivity contribution in [1.29, 1.82) is 0 Å². The number of urea groups is 1. The molecule has 1 fully saturated rings. The van der Waals surface area contributed by atoms with Crippen LogP contribution < -0.4 is 14.8 Å². The van der Waals surface area contributed by atoms with Crippen LogP contribution in [0.25, 0.3) is 0 Å². The Hall–Kier alpha value is -3.35. The third kappa shape index (κ3) is 3.03. The molecule has 2 aromatic carbocycles. The van der Waals surface area contributed by atoms with Gasteiger partial charge in [0, 0.05) is 5.56 Å². The quantitative estimate of drug-likeness (QED) is 0.623. The smallest absolute Gasteiger partial charge is 0.325 e. The van der Waals surface area contributed by atoms with Gasteiger partial charge in [0.25, 0.3) is 5.91 Å². The average molecular weight is 394 g/mol. The summed E-state index contributed by atoms with van der Waals surface area (Å²) in [5.41, 5.74) is 1.14. The minimum Gasteiger partial charge on any atom is -0.493 e. The second-order valence-corrected chi connectivity index (χ2v) is 7.23. The predicted octanol–water partition coefficient (Wildman–Crippen LogP) is 2.67. The van der Waals surface area contributed by atoms with Crippen LogP contribution in [-0.2, 0) is 16.8 Å². The molecular weight excluding hydrogens is 372 g/mol. The molecule has 3 amide bonds. The van der Waals surface area contributed by atoms with E-state index < -0.39 is 11.6 Å². The van der Waals surface area contributed by atoms with Crippen molar-refractivity contribution < 1.29 is 23.9 Å². The molecule has 7 nitrogen and oxygen atoms in total. The summed E-state index contributed by atoms with van der Waals surface area (Å²) in [6.45, 7) is -0.329. The monoisotopic (exact) mass is 394 g/mol. The highest BCUT2D eigenvalue weighted by Crippen LogP contribution is 2.40. The van der Waals surface area contributed by atoms with Crippen LogP contribution in [0.4, 0.5) is 4.79 Å². The van der Waals surface area contributed by atoms with E-state index in [1.165, 1.54) is 14.2 Å². The van der Waals surface area contributed by atoms with E-state index in [0.717, 1.165) is 28.9 Å². The summed E-state index contributed by atoms with van der Waals surface area (Å²) in [4.78, 5) is 39.8. The fraction of sp³-hybridized carbons (Fsp3) is 0.318. The molecule has 2 aromatic rings. The number of Topliss-reactive ketones (excluding diaryl/α,β-unsaturated/α-hetero) is 1. The highest BCUT2D eigenvalue weighted by Gasteiger charge is 2.54. The van der Waals surface area contributed by atoms with Gasteiger partial charge in [0.05, 0.1) is 20.8 Å². The maximum absolute atomic E-state index is 13.3. The number of nitrogens with zero attached hydrogens (tertiary/aromatic N) is 1. The van der Waals surface area contributed by atoms with Crippen molar-refractivity contribution in [3.05, 3.63) is 59.2 Å². The normalized spacial score (nSPS) is 20.4. The molecule has 1 spiro atoms. The third-order valence-electron chi connectivity index (χ3n) is 5.66.